The third-order valence-electron chi connectivity index (χ3n) is 7.01. The zero-order valence-corrected chi connectivity index (χ0v) is 23.3. The van der Waals surface area contributed by atoms with E-state index in [0.717, 1.165) is 87.7 Å². The molecule has 2 saturated heterocycles. The lowest BCUT2D eigenvalue weighted by Crippen LogP contribution is -2.35. The second-order valence-corrected chi connectivity index (χ2v) is 9.97. The number of pyridine rings is 1. The molecule has 0 radical (unpaired) electrons. The van der Waals surface area contributed by atoms with Crippen molar-refractivity contribution in [3.8, 4) is 0 Å². The first-order valence-corrected chi connectivity index (χ1v) is 13.8. The van der Waals surface area contributed by atoms with Gasteiger partial charge in [0.15, 0.2) is 5.65 Å². The van der Waals surface area contributed by atoms with Crippen LogP contribution in [0.2, 0.25) is 0 Å². The van der Waals surface area contributed by atoms with Crippen LogP contribution in [0.4, 0.5) is 18.9 Å². The molecule has 42 heavy (non-hydrogen) atoms. The Kier molecular flexibility index (Phi) is 10.7. The molecule has 2 aromatic heterocycles. The lowest BCUT2D eigenvalue weighted by molar-refractivity contribution is -0.192. The SMILES string of the molecule is CCn1ncc2c(NC3CCOCC3)c(C(=O)NCc3ccc(CN4CCOCC4)cc3)cnc21.O=C(O)C(F)(F)F. The van der Waals surface area contributed by atoms with Crippen LogP contribution < -0.4 is 10.6 Å². The van der Waals surface area contributed by atoms with Gasteiger partial charge in [0.05, 0.1) is 36.0 Å². The van der Waals surface area contributed by atoms with Crippen molar-refractivity contribution in [3.63, 3.8) is 0 Å². The van der Waals surface area contributed by atoms with Crippen LogP contribution in [0.5, 0.6) is 0 Å². The third-order valence-corrected chi connectivity index (χ3v) is 7.01. The van der Waals surface area contributed by atoms with Gasteiger partial charge < -0.3 is 25.2 Å². The number of carbonyl (C=O) groups excluding carboxylic acids is 1. The summed E-state index contributed by atoms with van der Waals surface area (Å²) < 4.78 is 44.5. The highest BCUT2D eigenvalue weighted by atomic mass is 19.4. The minimum atomic E-state index is -5.08. The Morgan fingerprint density at radius 3 is 2.26 bits per heavy atom. The number of carboxylic acid groups (broad SMARTS) is 1. The summed E-state index contributed by atoms with van der Waals surface area (Å²) in [6.07, 6.45) is 0.198. The number of nitrogens with zero attached hydrogens (tertiary/aromatic N) is 4. The average molecular weight is 593 g/mol. The number of benzene rings is 1. The number of hydrogen-bond donors (Lipinski definition) is 3. The number of fused-ring (bicyclic) bond motifs is 1. The number of amides is 1. The van der Waals surface area contributed by atoms with Gasteiger partial charge in [0.1, 0.15) is 0 Å². The number of aryl methyl sites for hydroxylation is 1. The largest absolute Gasteiger partial charge is 0.490 e. The number of aromatic nitrogens is 3. The normalized spacial score (nSPS) is 16.5. The van der Waals surface area contributed by atoms with E-state index >= 15 is 0 Å². The van der Waals surface area contributed by atoms with E-state index in [1.54, 1.807) is 12.4 Å². The number of aliphatic carboxylic acids is 1. The molecular formula is C28H35F3N6O5. The van der Waals surface area contributed by atoms with Gasteiger partial charge in [-0.3, -0.25) is 9.69 Å². The smallest absolute Gasteiger partial charge is 0.475 e. The molecule has 11 nitrogen and oxygen atoms in total. The van der Waals surface area contributed by atoms with Crippen LogP contribution in [-0.4, -0.2) is 88.4 Å². The van der Waals surface area contributed by atoms with E-state index < -0.39 is 12.1 Å². The zero-order chi connectivity index (χ0) is 30.1. The van der Waals surface area contributed by atoms with Crippen molar-refractivity contribution in [1.29, 1.82) is 0 Å². The van der Waals surface area contributed by atoms with Crippen molar-refractivity contribution < 1.29 is 37.3 Å². The van der Waals surface area contributed by atoms with E-state index in [0.29, 0.717) is 12.1 Å². The fraction of sp³-hybridized carbons (Fsp3) is 0.500. The minimum Gasteiger partial charge on any atom is -0.475 e. The Labute approximate surface area is 241 Å². The van der Waals surface area contributed by atoms with Gasteiger partial charge in [-0.1, -0.05) is 24.3 Å². The van der Waals surface area contributed by atoms with Crippen molar-refractivity contribution in [1.82, 2.24) is 25.0 Å². The first-order chi connectivity index (χ1) is 20.2. The Bertz CT molecular complexity index is 1340. The number of carbonyl (C=O) groups is 2. The molecule has 0 aliphatic carbocycles. The molecule has 14 heteroatoms. The van der Waals surface area contributed by atoms with Gasteiger partial charge in [-0.25, -0.2) is 14.5 Å². The second kappa shape index (κ2) is 14.4. The fourth-order valence-corrected chi connectivity index (χ4v) is 4.69. The number of morpholine rings is 1. The standard InChI is InChI=1S/C26H34N6O3.C2HF3O2/c1-2-32-25-22(17-29-32)24(30-21-7-11-34-12-8-21)23(16-27-25)26(33)28-15-19-3-5-20(6-4-19)18-31-9-13-35-14-10-31;3-2(4,5)1(6)7/h3-6,16-17,21H,2,7-15,18H2,1H3,(H,27,30)(H,28,33);(H,6,7). The van der Waals surface area contributed by atoms with E-state index in [1.807, 2.05) is 11.6 Å². The molecule has 2 fully saturated rings. The Hall–Kier alpha value is -3.75. The lowest BCUT2D eigenvalue weighted by atomic mass is 10.1. The molecule has 3 N–H and O–H groups in total. The van der Waals surface area contributed by atoms with Crippen molar-refractivity contribution in [2.75, 3.05) is 44.8 Å². The maximum Gasteiger partial charge on any atom is 0.490 e. The van der Waals surface area contributed by atoms with Crippen LogP contribution in [-0.2, 0) is 33.9 Å². The van der Waals surface area contributed by atoms with Crippen molar-refractivity contribution in [2.45, 2.75) is 51.6 Å². The molecule has 2 aliphatic heterocycles. The Morgan fingerprint density at radius 1 is 1.02 bits per heavy atom. The summed E-state index contributed by atoms with van der Waals surface area (Å²) in [6.45, 7) is 9.13. The third kappa shape index (κ3) is 8.39. The van der Waals surface area contributed by atoms with Gasteiger partial charge in [-0.15, -0.1) is 0 Å². The summed E-state index contributed by atoms with van der Waals surface area (Å²) in [5.41, 5.74) is 4.47. The van der Waals surface area contributed by atoms with Gasteiger partial charge in [-0.05, 0) is 30.9 Å². The maximum atomic E-state index is 13.3. The summed E-state index contributed by atoms with van der Waals surface area (Å²) in [7, 11) is 0. The van der Waals surface area contributed by atoms with Crippen LogP contribution in [0.1, 0.15) is 41.3 Å². The van der Waals surface area contributed by atoms with E-state index in [-0.39, 0.29) is 11.9 Å². The summed E-state index contributed by atoms with van der Waals surface area (Å²) >= 11 is 0. The number of alkyl halides is 3. The van der Waals surface area contributed by atoms with Crippen LogP contribution >= 0.6 is 0 Å². The number of carboxylic acids is 1. The molecule has 0 atom stereocenters. The van der Waals surface area contributed by atoms with E-state index in [4.69, 9.17) is 19.4 Å². The second-order valence-electron chi connectivity index (χ2n) is 9.97. The van der Waals surface area contributed by atoms with Crippen molar-refractivity contribution >= 4 is 28.6 Å². The predicted octanol–water partition coefficient (Wildman–Crippen LogP) is 3.44. The zero-order valence-electron chi connectivity index (χ0n) is 23.3. The maximum absolute atomic E-state index is 13.3. The van der Waals surface area contributed by atoms with Crippen molar-refractivity contribution in [2.24, 2.45) is 0 Å². The van der Waals surface area contributed by atoms with Gasteiger partial charge in [0.2, 0.25) is 0 Å². The Balaban J connectivity index is 0.000000517. The predicted molar refractivity (Wildman–Crippen MR) is 148 cm³/mol. The number of hydrogen-bond acceptors (Lipinski definition) is 8. The highest BCUT2D eigenvalue weighted by Crippen LogP contribution is 2.28. The minimum absolute atomic E-state index is 0.143. The number of ether oxygens (including phenoxy) is 2. The molecule has 0 bridgehead atoms. The lowest BCUT2D eigenvalue weighted by Gasteiger charge is -2.26. The van der Waals surface area contributed by atoms with Crippen molar-refractivity contribution in [3.05, 3.63) is 53.3 Å². The van der Waals surface area contributed by atoms with E-state index in [2.05, 4.69) is 49.9 Å². The molecule has 1 aromatic carbocycles. The molecule has 0 spiro atoms. The number of rotatable bonds is 8. The number of anilines is 1. The number of halogens is 3. The summed E-state index contributed by atoms with van der Waals surface area (Å²) in [5, 5.41) is 19.1. The summed E-state index contributed by atoms with van der Waals surface area (Å²) in [5.74, 6) is -2.90. The molecular weight excluding hydrogens is 557 g/mol. The molecule has 1 amide bonds. The first kappa shape index (κ1) is 31.2. The van der Waals surface area contributed by atoms with Gasteiger partial charge >= 0.3 is 12.1 Å². The van der Waals surface area contributed by atoms with Crippen LogP contribution in [0.15, 0.2) is 36.7 Å². The molecule has 5 rings (SSSR count). The number of nitrogens with one attached hydrogen (secondary N) is 2. The molecule has 0 unspecified atom stereocenters. The first-order valence-electron chi connectivity index (χ1n) is 13.8. The molecule has 4 heterocycles. The highest BCUT2D eigenvalue weighted by Gasteiger charge is 2.38. The average Bonchev–Trinajstić information content (AvgIpc) is 3.41. The van der Waals surface area contributed by atoms with E-state index in [1.165, 1.54) is 5.56 Å². The van der Waals surface area contributed by atoms with Crippen LogP contribution in [0.3, 0.4) is 0 Å². The highest BCUT2D eigenvalue weighted by molar-refractivity contribution is 6.06. The monoisotopic (exact) mass is 592 g/mol. The Morgan fingerprint density at radius 2 is 1.64 bits per heavy atom. The van der Waals surface area contributed by atoms with Gasteiger partial charge in [-0.2, -0.15) is 18.3 Å². The van der Waals surface area contributed by atoms with Gasteiger partial charge in [0.25, 0.3) is 5.91 Å². The molecule has 228 valence electrons. The topological polar surface area (TPSA) is 131 Å². The molecule has 3 aromatic rings. The van der Waals surface area contributed by atoms with E-state index in [9.17, 15) is 18.0 Å². The molecule has 0 saturated carbocycles. The summed E-state index contributed by atoms with van der Waals surface area (Å²) in [4.78, 5) is 29.1. The summed E-state index contributed by atoms with van der Waals surface area (Å²) in [6, 6.07) is 8.71. The van der Waals surface area contributed by atoms with Crippen LogP contribution in [0, 0.1) is 0 Å². The molecule has 2 aliphatic rings. The van der Waals surface area contributed by atoms with Crippen LogP contribution in [0.25, 0.3) is 11.0 Å². The van der Waals surface area contributed by atoms with Gasteiger partial charge in [0, 0.05) is 58.2 Å². The fourth-order valence-electron chi connectivity index (χ4n) is 4.69. The quantitative estimate of drug-likeness (QED) is 0.360.